The monoisotopic (exact) mass is 271 g/mol. The predicted molar refractivity (Wildman–Crippen MR) is 66.8 cm³/mol. The van der Waals surface area contributed by atoms with Gasteiger partial charge in [-0.05, 0) is 33.6 Å². The Morgan fingerprint density at radius 2 is 2.16 bits per heavy atom. The van der Waals surface area contributed by atoms with Gasteiger partial charge < -0.3 is 15.0 Å². The minimum absolute atomic E-state index is 0.0755. The van der Waals surface area contributed by atoms with Crippen LogP contribution in [-0.4, -0.2) is 58.1 Å². The minimum Gasteiger partial charge on any atom is -0.444 e. The highest BCUT2D eigenvalue weighted by molar-refractivity contribution is 5.77. The fourth-order valence-electron chi connectivity index (χ4n) is 2.46. The molecule has 0 unspecified atom stereocenters. The summed E-state index contributed by atoms with van der Waals surface area (Å²) in [6.45, 7) is 6.26. The van der Waals surface area contributed by atoms with E-state index in [1.165, 1.54) is 0 Å². The second-order valence-corrected chi connectivity index (χ2v) is 6.05. The molecule has 2 heterocycles. The molecule has 19 heavy (non-hydrogen) atoms. The summed E-state index contributed by atoms with van der Waals surface area (Å²) >= 11 is 0. The number of ether oxygens (including phenoxy) is 1. The number of amides is 3. The van der Waals surface area contributed by atoms with Gasteiger partial charge in [0.1, 0.15) is 5.60 Å². The number of hydroxylamine groups is 2. The van der Waals surface area contributed by atoms with Gasteiger partial charge in [0, 0.05) is 13.1 Å². The summed E-state index contributed by atoms with van der Waals surface area (Å²) in [6, 6.07) is -0.558. The number of rotatable bonds is 2. The highest BCUT2D eigenvalue weighted by atomic mass is 16.6. The van der Waals surface area contributed by atoms with Gasteiger partial charge in [0.15, 0.2) is 0 Å². The highest BCUT2D eigenvalue weighted by Crippen LogP contribution is 2.27. The molecule has 2 aliphatic heterocycles. The molecule has 108 valence electrons. The quantitative estimate of drug-likeness (QED) is 0.739. The molecule has 2 N–H and O–H groups in total. The van der Waals surface area contributed by atoms with Crippen molar-refractivity contribution in [2.75, 3.05) is 13.1 Å². The summed E-state index contributed by atoms with van der Waals surface area (Å²) < 4.78 is 5.14. The van der Waals surface area contributed by atoms with Crippen molar-refractivity contribution in [3.8, 4) is 0 Å². The molecule has 2 saturated heterocycles. The smallest absolute Gasteiger partial charge is 0.407 e. The first-order valence-electron chi connectivity index (χ1n) is 6.53. The number of alkyl carbamates (subject to hydrolysis) is 1. The molecule has 2 fully saturated rings. The van der Waals surface area contributed by atoms with Crippen LogP contribution in [0.15, 0.2) is 0 Å². The Labute approximate surface area is 112 Å². The van der Waals surface area contributed by atoms with E-state index in [0.29, 0.717) is 13.1 Å². The lowest BCUT2D eigenvalue weighted by molar-refractivity contribution is -0.0584. The molecule has 0 saturated carbocycles. The molecular formula is C12H21N3O4. The summed E-state index contributed by atoms with van der Waals surface area (Å²) in [6.07, 6.45) is 1.03. The maximum Gasteiger partial charge on any atom is 0.407 e. The Hall–Kier alpha value is -1.50. The van der Waals surface area contributed by atoms with E-state index in [1.54, 1.807) is 25.7 Å². The second-order valence-electron chi connectivity index (χ2n) is 6.05. The molecule has 3 amide bonds. The van der Waals surface area contributed by atoms with Crippen molar-refractivity contribution in [2.45, 2.75) is 51.3 Å². The van der Waals surface area contributed by atoms with Crippen LogP contribution >= 0.6 is 0 Å². The van der Waals surface area contributed by atoms with Crippen molar-refractivity contribution in [1.82, 2.24) is 15.3 Å². The van der Waals surface area contributed by atoms with Gasteiger partial charge in [-0.2, -0.15) is 0 Å². The van der Waals surface area contributed by atoms with E-state index in [1.807, 2.05) is 0 Å². The molecule has 2 bridgehead atoms. The molecule has 0 aliphatic carbocycles. The average Bonchev–Trinajstić information content (AvgIpc) is 2.52. The van der Waals surface area contributed by atoms with Crippen LogP contribution in [0.5, 0.6) is 0 Å². The van der Waals surface area contributed by atoms with E-state index < -0.39 is 11.7 Å². The zero-order chi connectivity index (χ0) is 14.2. The van der Waals surface area contributed by atoms with E-state index in [-0.39, 0.29) is 18.1 Å². The maximum absolute atomic E-state index is 11.7. The summed E-state index contributed by atoms with van der Waals surface area (Å²) in [4.78, 5) is 24.9. The zero-order valence-corrected chi connectivity index (χ0v) is 11.5. The van der Waals surface area contributed by atoms with Crippen molar-refractivity contribution in [2.24, 2.45) is 0 Å². The van der Waals surface area contributed by atoms with Crippen LogP contribution in [0.2, 0.25) is 0 Å². The first kappa shape index (κ1) is 13.9. The Morgan fingerprint density at radius 1 is 1.47 bits per heavy atom. The van der Waals surface area contributed by atoms with E-state index in [4.69, 9.17) is 4.74 Å². The third-order valence-corrected chi connectivity index (χ3v) is 3.35. The van der Waals surface area contributed by atoms with Crippen LogP contribution in [0, 0.1) is 0 Å². The van der Waals surface area contributed by atoms with Gasteiger partial charge in [-0.25, -0.2) is 14.7 Å². The van der Waals surface area contributed by atoms with Crippen molar-refractivity contribution in [1.29, 1.82) is 0 Å². The molecule has 7 heteroatoms. The van der Waals surface area contributed by atoms with E-state index in [2.05, 4.69) is 5.32 Å². The SMILES string of the molecule is CC(C)(C)OC(=O)NC[C@@H]1CC[C@H]2CN1C(=O)N2O. The topological polar surface area (TPSA) is 82.1 Å². The molecule has 2 aliphatic rings. The number of hydrogen-bond acceptors (Lipinski definition) is 4. The van der Waals surface area contributed by atoms with Gasteiger partial charge in [-0.3, -0.25) is 5.21 Å². The van der Waals surface area contributed by atoms with Gasteiger partial charge in [0.05, 0.1) is 12.1 Å². The van der Waals surface area contributed by atoms with Crippen LogP contribution in [0.4, 0.5) is 9.59 Å². The normalized spacial score (nSPS) is 26.6. The molecule has 0 radical (unpaired) electrons. The van der Waals surface area contributed by atoms with Gasteiger partial charge in [0.25, 0.3) is 0 Å². The Balaban J connectivity index is 1.84. The van der Waals surface area contributed by atoms with Gasteiger partial charge in [-0.1, -0.05) is 0 Å². The summed E-state index contributed by atoms with van der Waals surface area (Å²) in [5.41, 5.74) is -0.535. The van der Waals surface area contributed by atoms with E-state index in [0.717, 1.165) is 17.9 Å². The lowest BCUT2D eigenvalue weighted by Crippen LogP contribution is -2.47. The molecule has 2 rings (SSSR count). The maximum atomic E-state index is 11.7. The minimum atomic E-state index is -0.535. The van der Waals surface area contributed by atoms with Crippen LogP contribution in [-0.2, 0) is 4.74 Å². The van der Waals surface area contributed by atoms with Crippen molar-refractivity contribution < 1.29 is 19.5 Å². The summed E-state index contributed by atoms with van der Waals surface area (Å²) in [5, 5.41) is 13.0. The van der Waals surface area contributed by atoms with Crippen LogP contribution < -0.4 is 5.32 Å². The fraction of sp³-hybridized carbons (Fsp3) is 0.833. The number of nitrogens with one attached hydrogen (secondary N) is 1. The zero-order valence-electron chi connectivity index (χ0n) is 11.5. The van der Waals surface area contributed by atoms with Crippen LogP contribution in [0.25, 0.3) is 0 Å². The second kappa shape index (κ2) is 4.88. The number of hydrogen-bond donors (Lipinski definition) is 2. The molecule has 2 atom stereocenters. The lowest BCUT2D eigenvalue weighted by atomic mass is 10.0. The molecular weight excluding hydrogens is 250 g/mol. The van der Waals surface area contributed by atoms with Crippen LogP contribution in [0.1, 0.15) is 33.6 Å². The molecule has 0 aromatic rings. The number of fused-ring (bicyclic) bond motifs is 2. The van der Waals surface area contributed by atoms with Crippen LogP contribution in [0.3, 0.4) is 0 Å². The first-order chi connectivity index (χ1) is 8.78. The third-order valence-electron chi connectivity index (χ3n) is 3.35. The fourth-order valence-corrected chi connectivity index (χ4v) is 2.46. The average molecular weight is 271 g/mol. The largest absolute Gasteiger partial charge is 0.444 e. The summed E-state index contributed by atoms with van der Waals surface area (Å²) in [5.74, 6) is 0. The molecule has 7 nitrogen and oxygen atoms in total. The van der Waals surface area contributed by atoms with Crippen molar-refractivity contribution >= 4 is 12.1 Å². The van der Waals surface area contributed by atoms with E-state index >= 15 is 0 Å². The Kier molecular flexibility index (Phi) is 3.58. The standard InChI is InChI=1S/C12H21N3O4/c1-12(2,3)19-10(16)13-6-8-4-5-9-7-14(8)11(17)15(9)18/h8-9,18H,4-7H2,1-3H3,(H,13,16)/t8-,9-/m0/s1. The van der Waals surface area contributed by atoms with Crippen molar-refractivity contribution in [3.05, 3.63) is 0 Å². The predicted octanol–water partition coefficient (Wildman–Crippen LogP) is 1.17. The number of piperidine rings is 1. The number of carbonyl (C=O) groups excluding carboxylic acids is 2. The number of nitrogens with zero attached hydrogens (tertiary/aromatic N) is 2. The number of urea groups is 1. The lowest BCUT2D eigenvalue weighted by Gasteiger charge is -2.30. The molecule has 0 aromatic carbocycles. The van der Waals surface area contributed by atoms with Gasteiger partial charge in [0.2, 0.25) is 0 Å². The number of carbonyl (C=O) groups is 2. The highest BCUT2D eigenvalue weighted by Gasteiger charge is 2.44. The Bertz CT molecular complexity index is 380. The molecule has 0 aromatic heterocycles. The van der Waals surface area contributed by atoms with E-state index in [9.17, 15) is 14.8 Å². The van der Waals surface area contributed by atoms with Gasteiger partial charge >= 0.3 is 12.1 Å². The summed E-state index contributed by atoms with van der Waals surface area (Å²) in [7, 11) is 0. The Morgan fingerprint density at radius 3 is 2.79 bits per heavy atom. The van der Waals surface area contributed by atoms with Gasteiger partial charge in [-0.15, -0.1) is 0 Å². The molecule has 0 spiro atoms. The third kappa shape index (κ3) is 3.09. The van der Waals surface area contributed by atoms with Crippen molar-refractivity contribution in [3.63, 3.8) is 0 Å². The first-order valence-corrected chi connectivity index (χ1v) is 6.53.